The fourth-order valence-corrected chi connectivity index (χ4v) is 6.96. The lowest BCUT2D eigenvalue weighted by atomic mass is 9.98. The van der Waals surface area contributed by atoms with Crippen LogP contribution in [0.15, 0.2) is 133 Å². The van der Waals surface area contributed by atoms with Gasteiger partial charge in [0.2, 0.25) is 5.82 Å². The van der Waals surface area contributed by atoms with Crippen LogP contribution in [0.2, 0.25) is 0 Å². The lowest BCUT2D eigenvalue weighted by Gasteiger charge is -2.38. The highest BCUT2D eigenvalue weighted by Crippen LogP contribution is 2.39. The minimum atomic E-state index is -2.33. The Morgan fingerprint density at radius 3 is 1.77 bits per heavy atom. The number of hydrogen-bond donors (Lipinski definition) is 2. The van der Waals surface area contributed by atoms with E-state index in [0.29, 0.717) is 18.5 Å². The van der Waals surface area contributed by atoms with E-state index in [4.69, 9.17) is 9.47 Å². The molecular formula is C46H39F5N2O4. The average molecular weight is 779 g/mol. The first kappa shape index (κ1) is 39.5. The number of aliphatic hydroxyl groups is 1. The molecule has 0 spiro atoms. The lowest BCUT2D eigenvalue weighted by molar-refractivity contribution is -0.253. The van der Waals surface area contributed by atoms with E-state index in [0.717, 1.165) is 40.9 Å². The maximum Gasteiger partial charge on any atom is 0.257 e. The molecule has 1 heterocycles. The van der Waals surface area contributed by atoms with E-state index in [1.807, 2.05) is 91.0 Å². The lowest BCUT2D eigenvalue weighted by Crippen LogP contribution is -2.39. The van der Waals surface area contributed by atoms with Crippen molar-refractivity contribution in [3.05, 3.63) is 201 Å². The van der Waals surface area contributed by atoms with Crippen molar-refractivity contribution >= 4 is 5.91 Å². The van der Waals surface area contributed by atoms with E-state index in [1.165, 1.54) is 11.1 Å². The van der Waals surface area contributed by atoms with E-state index in [-0.39, 0.29) is 25.4 Å². The van der Waals surface area contributed by atoms with Crippen LogP contribution >= 0.6 is 0 Å². The van der Waals surface area contributed by atoms with Crippen molar-refractivity contribution in [2.75, 3.05) is 6.54 Å². The van der Waals surface area contributed by atoms with Gasteiger partial charge in [0.05, 0.1) is 18.8 Å². The number of benzene rings is 6. The molecule has 2 N–H and O–H groups in total. The Labute approximate surface area is 327 Å². The maximum atomic E-state index is 14.2. The van der Waals surface area contributed by atoms with Gasteiger partial charge in [-0.05, 0) is 45.0 Å². The Bertz CT molecular complexity index is 2220. The van der Waals surface area contributed by atoms with Gasteiger partial charge in [-0.1, -0.05) is 127 Å². The summed E-state index contributed by atoms with van der Waals surface area (Å²) in [6, 6.07) is 43.0. The zero-order valence-corrected chi connectivity index (χ0v) is 30.7. The molecule has 0 unspecified atom stereocenters. The van der Waals surface area contributed by atoms with Gasteiger partial charge >= 0.3 is 0 Å². The highest BCUT2D eigenvalue weighted by atomic mass is 19.2. The minimum Gasteiger partial charge on any atom is -0.392 e. The summed E-state index contributed by atoms with van der Waals surface area (Å²) >= 11 is 0. The van der Waals surface area contributed by atoms with Gasteiger partial charge in [-0.2, -0.15) is 0 Å². The molecule has 1 aliphatic rings. The first-order valence-electron chi connectivity index (χ1n) is 18.5. The molecule has 1 saturated heterocycles. The minimum absolute atomic E-state index is 0.0591. The predicted molar refractivity (Wildman–Crippen MR) is 205 cm³/mol. The molecule has 57 heavy (non-hydrogen) atoms. The Kier molecular flexibility index (Phi) is 12.5. The summed E-state index contributed by atoms with van der Waals surface area (Å²) in [4.78, 5) is 14.9. The number of hydrogen-bond acceptors (Lipinski definition) is 5. The molecule has 7 rings (SSSR count). The van der Waals surface area contributed by atoms with Crippen LogP contribution in [0.4, 0.5) is 22.0 Å². The SMILES string of the molecule is O=C(NCc1cccc(-c2ccc([C@@H]3O[C@H](CN(Cc4ccccc4)Cc4ccccc4)C[C@H](c4ccc(CO)cc4)O3)cc2)c1)c1c(F)c(F)c(F)c(F)c1F. The summed E-state index contributed by atoms with van der Waals surface area (Å²) in [6.45, 7) is 1.80. The molecule has 1 amide bonds. The second kappa shape index (κ2) is 18.0. The maximum absolute atomic E-state index is 14.2. The first-order valence-corrected chi connectivity index (χ1v) is 18.5. The number of amides is 1. The highest BCUT2D eigenvalue weighted by Gasteiger charge is 2.34. The molecular weight excluding hydrogens is 740 g/mol. The molecule has 0 bridgehead atoms. The van der Waals surface area contributed by atoms with E-state index in [1.54, 1.807) is 18.2 Å². The van der Waals surface area contributed by atoms with Gasteiger partial charge in [-0.25, -0.2) is 22.0 Å². The van der Waals surface area contributed by atoms with Gasteiger partial charge in [-0.15, -0.1) is 0 Å². The smallest absolute Gasteiger partial charge is 0.257 e. The summed E-state index contributed by atoms with van der Waals surface area (Å²) in [5.41, 5.74) is 5.51. The zero-order valence-electron chi connectivity index (χ0n) is 30.7. The fraction of sp³-hybridized carbons (Fsp3) is 0.196. The first-order chi connectivity index (χ1) is 27.7. The van der Waals surface area contributed by atoms with E-state index in [9.17, 15) is 31.9 Å². The molecule has 3 atom stereocenters. The molecule has 6 nitrogen and oxygen atoms in total. The quantitative estimate of drug-likeness (QED) is 0.0695. The molecule has 6 aromatic rings. The van der Waals surface area contributed by atoms with Crippen LogP contribution in [0.3, 0.4) is 0 Å². The van der Waals surface area contributed by atoms with Crippen molar-refractivity contribution in [2.24, 2.45) is 0 Å². The van der Waals surface area contributed by atoms with Crippen molar-refractivity contribution in [3.8, 4) is 11.1 Å². The molecule has 1 fully saturated rings. The van der Waals surface area contributed by atoms with Gasteiger partial charge in [0.1, 0.15) is 5.56 Å². The van der Waals surface area contributed by atoms with Crippen LogP contribution in [-0.2, 0) is 35.7 Å². The second-order valence-corrected chi connectivity index (χ2v) is 13.9. The Morgan fingerprint density at radius 2 is 1.18 bits per heavy atom. The van der Waals surface area contributed by atoms with Gasteiger partial charge < -0.3 is 19.9 Å². The van der Waals surface area contributed by atoms with Crippen LogP contribution in [0.5, 0.6) is 0 Å². The van der Waals surface area contributed by atoms with E-state index in [2.05, 4.69) is 34.5 Å². The highest BCUT2D eigenvalue weighted by molar-refractivity contribution is 5.94. The topological polar surface area (TPSA) is 71.0 Å². The summed E-state index contributed by atoms with van der Waals surface area (Å²) in [5, 5.41) is 11.9. The second-order valence-electron chi connectivity index (χ2n) is 13.9. The van der Waals surface area contributed by atoms with Crippen molar-refractivity contribution in [2.45, 2.75) is 51.2 Å². The molecule has 1 aliphatic heterocycles. The largest absolute Gasteiger partial charge is 0.392 e. The summed E-state index contributed by atoms with van der Waals surface area (Å²) < 4.78 is 82.6. The molecule has 0 aliphatic carbocycles. The number of halogens is 5. The molecule has 0 saturated carbocycles. The van der Waals surface area contributed by atoms with Crippen LogP contribution in [-0.4, -0.2) is 28.6 Å². The molecule has 0 radical (unpaired) electrons. The summed E-state index contributed by atoms with van der Waals surface area (Å²) in [7, 11) is 0. The average Bonchev–Trinajstić information content (AvgIpc) is 3.25. The van der Waals surface area contributed by atoms with Gasteiger partial charge in [-0.3, -0.25) is 9.69 Å². The number of carbonyl (C=O) groups excluding carboxylic acids is 1. The van der Waals surface area contributed by atoms with Crippen molar-refractivity contribution in [3.63, 3.8) is 0 Å². The van der Waals surface area contributed by atoms with Crippen LogP contribution in [0.25, 0.3) is 11.1 Å². The Balaban J connectivity index is 1.09. The zero-order chi connectivity index (χ0) is 39.9. The number of nitrogens with one attached hydrogen (secondary N) is 1. The number of carbonyl (C=O) groups is 1. The van der Waals surface area contributed by atoms with Crippen molar-refractivity contribution in [1.82, 2.24) is 10.2 Å². The van der Waals surface area contributed by atoms with Crippen LogP contribution in [0.1, 0.15) is 62.6 Å². The predicted octanol–water partition coefficient (Wildman–Crippen LogP) is 9.72. The van der Waals surface area contributed by atoms with Gasteiger partial charge in [0.15, 0.2) is 29.6 Å². The molecule has 6 aromatic carbocycles. The molecule has 292 valence electrons. The number of ether oxygens (including phenoxy) is 2. The normalized spacial score (nSPS) is 16.8. The van der Waals surface area contributed by atoms with Crippen molar-refractivity contribution in [1.29, 1.82) is 0 Å². The Morgan fingerprint density at radius 1 is 0.614 bits per heavy atom. The monoisotopic (exact) mass is 778 g/mol. The van der Waals surface area contributed by atoms with Crippen LogP contribution < -0.4 is 5.32 Å². The Hall–Kier alpha value is -5.72. The van der Waals surface area contributed by atoms with Crippen molar-refractivity contribution < 1.29 is 41.3 Å². The number of aliphatic hydroxyl groups excluding tert-OH is 1. The third-order valence-corrected chi connectivity index (χ3v) is 9.91. The van der Waals surface area contributed by atoms with Gasteiger partial charge in [0, 0.05) is 38.2 Å². The standard InChI is InChI=1S/C46H39F5N2O4/c47-40-39(41(48)43(50)44(51)42(40)49)45(55)52-24-32-12-7-13-36(22-32)33-18-20-35(21-19-33)46-56-37(23-38(57-46)34-16-14-31(28-54)15-17-34)27-53(25-29-8-3-1-4-9-29)26-30-10-5-2-6-11-30/h1-22,37-38,46,54H,23-28H2,(H,52,55)/t37-,38+,46+/m0/s1. The van der Waals surface area contributed by atoms with E-state index < -0.39 is 46.8 Å². The van der Waals surface area contributed by atoms with Gasteiger partial charge in [0.25, 0.3) is 5.91 Å². The number of nitrogens with zero attached hydrogens (tertiary/aromatic N) is 1. The molecule has 0 aromatic heterocycles. The third kappa shape index (κ3) is 9.46. The molecule has 11 heteroatoms. The number of rotatable bonds is 13. The van der Waals surface area contributed by atoms with E-state index >= 15 is 0 Å². The third-order valence-electron chi connectivity index (χ3n) is 9.91. The fourth-order valence-electron chi connectivity index (χ4n) is 6.96. The summed E-state index contributed by atoms with van der Waals surface area (Å²) in [6.07, 6.45) is -0.566. The van der Waals surface area contributed by atoms with Crippen LogP contribution in [0, 0.1) is 29.1 Å². The summed E-state index contributed by atoms with van der Waals surface area (Å²) in [5.74, 6) is -12.5.